The molecule has 2 rings (SSSR count). The molecule has 0 aromatic rings. The van der Waals surface area contributed by atoms with Crippen molar-refractivity contribution in [1.82, 2.24) is 4.90 Å². The van der Waals surface area contributed by atoms with Gasteiger partial charge in [0.1, 0.15) is 0 Å². The first-order valence-corrected chi connectivity index (χ1v) is 5.86. The van der Waals surface area contributed by atoms with Gasteiger partial charge in [0.2, 0.25) is 0 Å². The first-order valence-electron chi connectivity index (χ1n) is 5.86. The lowest BCUT2D eigenvalue weighted by Crippen LogP contribution is -2.51. The Morgan fingerprint density at radius 2 is 2.14 bits per heavy atom. The van der Waals surface area contributed by atoms with Crippen molar-refractivity contribution in [2.24, 2.45) is 5.73 Å². The average molecular weight is 198 g/mol. The van der Waals surface area contributed by atoms with Crippen LogP contribution in [0.1, 0.15) is 32.6 Å². The molecule has 2 saturated heterocycles. The van der Waals surface area contributed by atoms with E-state index >= 15 is 0 Å². The third kappa shape index (κ3) is 2.10. The minimum Gasteiger partial charge on any atom is -0.375 e. The van der Waals surface area contributed by atoms with E-state index < -0.39 is 0 Å². The Kier molecular flexibility index (Phi) is 3.10. The largest absolute Gasteiger partial charge is 0.375 e. The summed E-state index contributed by atoms with van der Waals surface area (Å²) < 4.78 is 5.96. The van der Waals surface area contributed by atoms with Crippen molar-refractivity contribution in [1.29, 1.82) is 0 Å². The highest BCUT2D eigenvalue weighted by Crippen LogP contribution is 2.34. The van der Waals surface area contributed by atoms with Crippen molar-refractivity contribution in [2.45, 2.75) is 44.2 Å². The smallest absolute Gasteiger partial charge is 0.0721 e. The number of hydrogen-bond acceptors (Lipinski definition) is 3. The topological polar surface area (TPSA) is 38.5 Å². The van der Waals surface area contributed by atoms with E-state index in [4.69, 9.17) is 10.5 Å². The van der Waals surface area contributed by atoms with Crippen molar-refractivity contribution in [3.8, 4) is 0 Å². The second-order valence-corrected chi connectivity index (χ2v) is 4.72. The fourth-order valence-corrected chi connectivity index (χ4v) is 2.69. The highest BCUT2D eigenvalue weighted by atomic mass is 16.5. The molecule has 0 amide bonds. The molecule has 0 radical (unpaired) electrons. The molecule has 3 heteroatoms. The summed E-state index contributed by atoms with van der Waals surface area (Å²) in [5.74, 6) is 0. The van der Waals surface area contributed by atoms with Crippen molar-refractivity contribution in [3.05, 3.63) is 0 Å². The van der Waals surface area contributed by atoms with Crippen molar-refractivity contribution >= 4 is 0 Å². The van der Waals surface area contributed by atoms with Crippen LogP contribution in [0.2, 0.25) is 0 Å². The quantitative estimate of drug-likeness (QED) is 0.682. The number of rotatable bonds is 1. The summed E-state index contributed by atoms with van der Waals surface area (Å²) in [6.45, 7) is 6.63. The van der Waals surface area contributed by atoms with Crippen LogP contribution in [0.5, 0.6) is 0 Å². The number of hydrogen-bond donors (Lipinski definition) is 1. The van der Waals surface area contributed by atoms with Gasteiger partial charge in [-0.3, -0.25) is 0 Å². The van der Waals surface area contributed by atoms with Crippen LogP contribution in [0.25, 0.3) is 0 Å². The van der Waals surface area contributed by atoms with Crippen molar-refractivity contribution < 1.29 is 4.74 Å². The van der Waals surface area contributed by atoms with Gasteiger partial charge in [-0.05, 0) is 32.2 Å². The zero-order chi connectivity index (χ0) is 10.0. The van der Waals surface area contributed by atoms with E-state index in [9.17, 15) is 0 Å². The maximum atomic E-state index is 6.01. The van der Waals surface area contributed by atoms with Gasteiger partial charge in [-0.2, -0.15) is 0 Å². The number of nitrogens with two attached hydrogens (primary N) is 1. The highest BCUT2D eigenvalue weighted by Gasteiger charge is 2.38. The molecule has 3 nitrogen and oxygen atoms in total. The molecule has 14 heavy (non-hydrogen) atoms. The van der Waals surface area contributed by atoms with Gasteiger partial charge < -0.3 is 15.4 Å². The molecule has 2 N–H and O–H groups in total. The number of nitrogens with zero attached hydrogens (tertiary/aromatic N) is 1. The molecule has 2 aliphatic rings. The van der Waals surface area contributed by atoms with Gasteiger partial charge >= 0.3 is 0 Å². The van der Waals surface area contributed by atoms with Crippen LogP contribution in [-0.4, -0.2) is 42.8 Å². The average Bonchev–Trinajstić information content (AvgIpc) is 2.19. The van der Waals surface area contributed by atoms with Crippen LogP contribution < -0.4 is 5.73 Å². The van der Waals surface area contributed by atoms with E-state index in [0.717, 1.165) is 19.4 Å². The monoisotopic (exact) mass is 198 g/mol. The Morgan fingerprint density at radius 3 is 2.71 bits per heavy atom. The maximum absolute atomic E-state index is 6.01. The van der Waals surface area contributed by atoms with Gasteiger partial charge in [0.25, 0.3) is 0 Å². The summed E-state index contributed by atoms with van der Waals surface area (Å²) in [5, 5.41) is 0. The first kappa shape index (κ1) is 10.4. The van der Waals surface area contributed by atoms with Gasteiger partial charge in [-0.25, -0.2) is 0 Å². The van der Waals surface area contributed by atoms with E-state index in [1.54, 1.807) is 0 Å². The second-order valence-electron chi connectivity index (χ2n) is 4.72. The second kappa shape index (κ2) is 4.17. The fraction of sp³-hybridized carbons (Fsp3) is 1.00. The minimum atomic E-state index is 0.142. The molecular weight excluding hydrogens is 176 g/mol. The zero-order valence-electron chi connectivity index (χ0n) is 9.17. The normalized spacial score (nSPS) is 33.4. The number of likely N-dealkylation sites (tertiary alicyclic amines) is 1. The van der Waals surface area contributed by atoms with Crippen LogP contribution in [0.4, 0.5) is 0 Å². The highest BCUT2D eigenvalue weighted by molar-refractivity contribution is 4.92. The maximum Gasteiger partial charge on any atom is 0.0721 e. The van der Waals surface area contributed by atoms with Gasteiger partial charge in [-0.1, -0.05) is 6.92 Å². The standard InChI is InChI=1S/C11H22N2O/c1-2-13-6-4-11(5-7-13)9-10(12)3-8-14-11/h10H,2-9,12H2,1H3/t10-/m1/s1. The SMILES string of the molecule is CCN1CCC2(CC1)C[C@H](N)CCO2. The molecule has 1 spiro atoms. The van der Waals surface area contributed by atoms with Gasteiger partial charge in [0.05, 0.1) is 5.60 Å². The van der Waals surface area contributed by atoms with E-state index in [1.165, 1.54) is 32.5 Å². The molecule has 1 atom stereocenters. The van der Waals surface area contributed by atoms with Crippen molar-refractivity contribution in [2.75, 3.05) is 26.2 Å². The Balaban J connectivity index is 1.91. The summed E-state index contributed by atoms with van der Waals surface area (Å²) in [7, 11) is 0. The van der Waals surface area contributed by atoms with E-state index in [0.29, 0.717) is 6.04 Å². The van der Waals surface area contributed by atoms with Crippen LogP contribution in [0.15, 0.2) is 0 Å². The third-order valence-electron chi connectivity index (χ3n) is 3.75. The summed E-state index contributed by atoms with van der Waals surface area (Å²) in [6, 6.07) is 0.372. The number of piperidine rings is 1. The fourth-order valence-electron chi connectivity index (χ4n) is 2.69. The Morgan fingerprint density at radius 1 is 1.43 bits per heavy atom. The molecule has 2 aliphatic heterocycles. The summed E-state index contributed by atoms with van der Waals surface area (Å²) in [4.78, 5) is 2.49. The lowest BCUT2D eigenvalue weighted by atomic mass is 9.82. The molecule has 2 heterocycles. The summed E-state index contributed by atoms with van der Waals surface area (Å²) in [6.07, 6.45) is 4.47. The van der Waals surface area contributed by atoms with E-state index in [1.807, 2.05) is 0 Å². The molecule has 0 aromatic heterocycles. The van der Waals surface area contributed by atoms with Gasteiger partial charge in [-0.15, -0.1) is 0 Å². The Hall–Kier alpha value is -0.120. The molecular formula is C11H22N2O. The molecule has 0 aromatic carbocycles. The molecule has 0 unspecified atom stereocenters. The minimum absolute atomic E-state index is 0.142. The lowest BCUT2D eigenvalue weighted by Gasteiger charge is -2.45. The zero-order valence-corrected chi connectivity index (χ0v) is 9.17. The molecule has 0 aliphatic carbocycles. The van der Waals surface area contributed by atoms with Gasteiger partial charge in [0, 0.05) is 25.7 Å². The molecule has 0 bridgehead atoms. The summed E-state index contributed by atoms with van der Waals surface area (Å²) >= 11 is 0. The van der Waals surface area contributed by atoms with Crippen LogP contribution in [-0.2, 0) is 4.74 Å². The predicted molar refractivity (Wildman–Crippen MR) is 57.2 cm³/mol. The first-order chi connectivity index (χ1) is 6.74. The lowest BCUT2D eigenvalue weighted by molar-refractivity contribution is -0.115. The van der Waals surface area contributed by atoms with Crippen molar-refractivity contribution in [3.63, 3.8) is 0 Å². The predicted octanol–water partition coefficient (Wildman–Crippen LogP) is 0.979. The number of ether oxygens (including phenoxy) is 1. The van der Waals surface area contributed by atoms with E-state index in [-0.39, 0.29) is 5.60 Å². The Bertz CT molecular complexity index is 188. The summed E-state index contributed by atoms with van der Waals surface area (Å²) in [5.41, 5.74) is 6.16. The van der Waals surface area contributed by atoms with E-state index in [2.05, 4.69) is 11.8 Å². The van der Waals surface area contributed by atoms with Gasteiger partial charge in [0.15, 0.2) is 0 Å². The molecule has 2 fully saturated rings. The third-order valence-corrected chi connectivity index (χ3v) is 3.75. The van der Waals surface area contributed by atoms with Crippen LogP contribution in [0, 0.1) is 0 Å². The van der Waals surface area contributed by atoms with Crippen LogP contribution in [0.3, 0.4) is 0 Å². The van der Waals surface area contributed by atoms with Crippen LogP contribution >= 0.6 is 0 Å². The molecule has 0 saturated carbocycles. The Labute approximate surface area is 86.6 Å². The molecule has 82 valence electrons.